The lowest BCUT2D eigenvalue weighted by molar-refractivity contribution is 0.480. The van der Waals surface area contributed by atoms with E-state index in [1.807, 2.05) is 48.6 Å². The highest BCUT2D eigenvalue weighted by Gasteiger charge is 2.10. The molecule has 0 bridgehead atoms. The average Bonchev–Trinajstić information content (AvgIpc) is 2.52. The molecule has 3 aromatic rings. The van der Waals surface area contributed by atoms with Crippen molar-refractivity contribution in [3.63, 3.8) is 0 Å². The Balaban J connectivity index is 2.01. The average molecular weight is 351 g/mol. The molecule has 0 unspecified atom stereocenters. The maximum absolute atomic E-state index is 10.0. The van der Waals surface area contributed by atoms with E-state index in [1.54, 1.807) is 0 Å². The lowest BCUT2D eigenvalue weighted by atomic mass is 10.1. The van der Waals surface area contributed by atoms with Crippen molar-refractivity contribution in [2.75, 3.05) is 0 Å². The van der Waals surface area contributed by atoms with Crippen molar-refractivity contribution in [3.8, 4) is 5.75 Å². The molecule has 2 aromatic carbocycles. The lowest BCUT2D eigenvalue weighted by Crippen LogP contribution is -1.86. The summed E-state index contributed by atoms with van der Waals surface area (Å²) in [5, 5.41) is 12.0. The van der Waals surface area contributed by atoms with Gasteiger partial charge < -0.3 is 5.11 Å². The second kappa shape index (κ2) is 6.17. The largest absolute Gasteiger partial charge is 0.504 e. The van der Waals surface area contributed by atoms with E-state index in [2.05, 4.69) is 4.98 Å². The van der Waals surface area contributed by atoms with Gasteiger partial charge in [-0.05, 0) is 42.0 Å². The van der Waals surface area contributed by atoms with Gasteiger partial charge in [-0.1, -0.05) is 53.0 Å². The quantitative estimate of drug-likeness (QED) is 0.608. The van der Waals surface area contributed by atoms with Crippen molar-refractivity contribution in [2.24, 2.45) is 0 Å². The highest BCUT2D eigenvalue weighted by molar-refractivity contribution is 6.39. The first-order valence-electron chi connectivity index (χ1n) is 6.46. The summed E-state index contributed by atoms with van der Waals surface area (Å²) in [5.74, 6) is -0.0668. The molecular weight excluding hydrogens is 341 g/mol. The number of benzene rings is 2. The predicted octanol–water partition coefficient (Wildman–Crippen LogP) is 6.07. The number of pyridine rings is 1. The maximum atomic E-state index is 10.0. The minimum atomic E-state index is -0.0668. The van der Waals surface area contributed by atoms with Crippen LogP contribution >= 0.6 is 34.8 Å². The van der Waals surface area contributed by atoms with E-state index in [4.69, 9.17) is 34.8 Å². The van der Waals surface area contributed by atoms with Crippen LogP contribution in [0, 0.1) is 0 Å². The number of aromatic nitrogens is 1. The van der Waals surface area contributed by atoms with Crippen molar-refractivity contribution in [3.05, 3.63) is 68.8 Å². The Bertz CT molecular complexity index is 873. The topological polar surface area (TPSA) is 33.1 Å². The Morgan fingerprint density at radius 2 is 1.59 bits per heavy atom. The number of phenols is 1. The summed E-state index contributed by atoms with van der Waals surface area (Å²) in [4.78, 5) is 4.40. The summed E-state index contributed by atoms with van der Waals surface area (Å²) in [6, 6.07) is 12.6. The molecule has 2 nitrogen and oxygen atoms in total. The third-order valence-electron chi connectivity index (χ3n) is 3.19. The molecule has 0 atom stereocenters. The molecule has 0 radical (unpaired) electrons. The van der Waals surface area contributed by atoms with Gasteiger partial charge in [0.2, 0.25) is 0 Å². The molecule has 5 heteroatoms. The summed E-state index contributed by atoms with van der Waals surface area (Å²) in [6.45, 7) is 0. The lowest BCUT2D eigenvalue weighted by Gasteiger charge is -2.05. The monoisotopic (exact) mass is 349 g/mol. The number of fused-ring (bicyclic) bond motifs is 1. The van der Waals surface area contributed by atoms with E-state index >= 15 is 0 Å². The summed E-state index contributed by atoms with van der Waals surface area (Å²) in [5.41, 5.74) is 2.08. The molecule has 0 aliphatic heterocycles. The van der Waals surface area contributed by atoms with Crippen LogP contribution in [0.5, 0.6) is 5.75 Å². The Morgan fingerprint density at radius 1 is 0.864 bits per heavy atom. The SMILES string of the molecule is Oc1c(Cl)cc(Cl)c2ccc(/C=C/c3ccc(Cl)cc3)nc12. The summed E-state index contributed by atoms with van der Waals surface area (Å²) < 4.78 is 0. The molecule has 0 fully saturated rings. The molecule has 0 saturated carbocycles. The van der Waals surface area contributed by atoms with Gasteiger partial charge in [0.25, 0.3) is 0 Å². The van der Waals surface area contributed by atoms with Gasteiger partial charge in [0, 0.05) is 10.4 Å². The molecule has 0 aliphatic carbocycles. The summed E-state index contributed by atoms with van der Waals surface area (Å²) in [7, 11) is 0. The van der Waals surface area contributed by atoms with Gasteiger partial charge in [-0.15, -0.1) is 0 Å². The number of rotatable bonds is 2. The van der Waals surface area contributed by atoms with Gasteiger partial charge in [0.1, 0.15) is 5.52 Å². The highest BCUT2D eigenvalue weighted by atomic mass is 35.5. The van der Waals surface area contributed by atoms with E-state index in [1.165, 1.54) is 6.07 Å². The van der Waals surface area contributed by atoms with Gasteiger partial charge in [0.15, 0.2) is 5.75 Å². The number of phenolic OH excluding ortho intramolecular Hbond substituents is 1. The number of halogens is 3. The highest BCUT2D eigenvalue weighted by Crippen LogP contribution is 2.36. The fraction of sp³-hybridized carbons (Fsp3) is 0. The molecule has 1 aromatic heterocycles. The van der Waals surface area contributed by atoms with Gasteiger partial charge in [-0.3, -0.25) is 0 Å². The maximum Gasteiger partial charge on any atom is 0.160 e. The minimum absolute atomic E-state index is 0.0668. The van der Waals surface area contributed by atoms with Crippen LogP contribution in [0.2, 0.25) is 15.1 Å². The second-order valence-corrected chi connectivity index (χ2v) is 5.96. The smallest absolute Gasteiger partial charge is 0.160 e. The van der Waals surface area contributed by atoms with E-state index in [9.17, 15) is 5.11 Å². The van der Waals surface area contributed by atoms with Crippen LogP contribution in [0.4, 0.5) is 0 Å². The molecule has 1 N–H and O–H groups in total. The standard InChI is InChI=1S/C17H10Cl3NO/c18-11-4-1-10(2-5-11)3-6-12-7-8-13-14(19)9-15(20)17(22)16(13)21-12/h1-9,22H/b6-3+. The Hall–Kier alpha value is -1.74. The van der Waals surface area contributed by atoms with Gasteiger partial charge in [-0.25, -0.2) is 4.98 Å². The van der Waals surface area contributed by atoms with E-state index in [0.29, 0.717) is 26.6 Å². The van der Waals surface area contributed by atoms with Crippen molar-refractivity contribution < 1.29 is 5.11 Å². The molecule has 0 saturated heterocycles. The Kier molecular flexibility index (Phi) is 4.25. The van der Waals surface area contributed by atoms with E-state index in [0.717, 1.165) is 5.56 Å². The van der Waals surface area contributed by atoms with Crippen molar-refractivity contribution in [1.29, 1.82) is 0 Å². The van der Waals surface area contributed by atoms with Crippen LogP contribution in [-0.4, -0.2) is 10.1 Å². The molecule has 22 heavy (non-hydrogen) atoms. The molecule has 1 heterocycles. The van der Waals surface area contributed by atoms with Crippen molar-refractivity contribution in [2.45, 2.75) is 0 Å². The van der Waals surface area contributed by atoms with Gasteiger partial charge in [-0.2, -0.15) is 0 Å². The fourth-order valence-corrected chi connectivity index (χ4v) is 2.71. The molecule has 0 spiro atoms. The fourth-order valence-electron chi connectivity index (χ4n) is 2.07. The first kappa shape index (κ1) is 15.2. The second-order valence-electron chi connectivity index (χ2n) is 4.71. The number of aromatic hydroxyl groups is 1. The zero-order chi connectivity index (χ0) is 15.7. The molecule has 0 amide bonds. The van der Waals surface area contributed by atoms with E-state index in [-0.39, 0.29) is 10.8 Å². The first-order valence-corrected chi connectivity index (χ1v) is 7.59. The molecule has 3 rings (SSSR count). The van der Waals surface area contributed by atoms with Crippen LogP contribution in [0.15, 0.2) is 42.5 Å². The number of hydrogen-bond acceptors (Lipinski definition) is 2. The Labute approximate surface area is 142 Å². The predicted molar refractivity (Wildman–Crippen MR) is 93.8 cm³/mol. The molecule has 110 valence electrons. The van der Waals surface area contributed by atoms with Gasteiger partial charge in [0.05, 0.1) is 15.7 Å². The van der Waals surface area contributed by atoms with Crippen LogP contribution in [-0.2, 0) is 0 Å². The Morgan fingerprint density at radius 3 is 2.32 bits per heavy atom. The van der Waals surface area contributed by atoms with Crippen molar-refractivity contribution >= 4 is 57.9 Å². The van der Waals surface area contributed by atoms with Crippen LogP contribution < -0.4 is 0 Å². The molecule has 0 aliphatic rings. The van der Waals surface area contributed by atoms with E-state index < -0.39 is 0 Å². The zero-order valence-corrected chi connectivity index (χ0v) is 13.5. The van der Waals surface area contributed by atoms with Gasteiger partial charge >= 0.3 is 0 Å². The third kappa shape index (κ3) is 3.05. The van der Waals surface area contributed by atoms with Crippen LogP contribution in [0.25, 0.3) is 23.1 Å². The summed E-state index contributed by atoms with van der Waals surface area (Å²) in [6.07, 6.45) is 3.75. The number of hydrogen-bond donors (Lipinski definition) is 1. The minimum Gasteiger partial charge on any atom is -0.504 e. The summed E-state index contributed by atoms with van der Waals surface area (Å²) >= 11 is 17.9. The van der Waals surface area contributed by atoms with Crippen LogP contribution in [0.3, 0.4) is 0 Å². The first-order chi connectivity index (χ1) is 10.5. The normalized spacial score (nSPS) is 11.4. The molecular formula is C17H10Cl3NO. The van der Waals surface area contributed by atoms with Crippen LogP contribution in [0.1, 0.15) is 11.3 Å². The zero-order valence-electron chi connectivity index (χ0n) is 11.2. The number of nitrogens with zero attached hydrogens (tertiary/aromatic N) is 1. The third-order valence-corrected chi connectivity index (χ3v) is 4.05. The van der Waals surface area contributed by atoms with Crippen molar-refractivity contribution in [1.82, 2.24) is 4.98 Å².